The molecule has 710 valence electrons. The van der Waals surface area contributed by atoms with E-state index in [2.05, 4.69) is 355 Å². The molecule has 0 N–H and O–H groups in total. The Balaban J connectivity index is 0.0000000969. The van der Waals surface area contributed by atoms with Crippen molar-refractivity contribution in [2.45, 2.75) is 140 Å². The van der Waals surface area contributed by atoms with Crippen molar-refractivity contribution in [3.05, 3.63) is 381 Å². The molecule has 5 atom stereocenters. The first-order valence-electron chi connectivity index (χ1n) is 49.4. The van der Waals surface area contributed by atoms with Gasteiger partial charge < -0.3 is 56.4 Å². The van der Waals surface area contributed by atoms with Gasteiger partial charge in [0, 0.05) is 126 Å². The number of rotatable bonds is 10. The molecule has 0 saturated heterocycles. The maximum atomic E-state index is 6.40. The van der Waals surface area contributed by atoms with Crippen molar-refractivity contribution in [2.24, 2.45) is 0 Å². The van der Waals surface area contributed by atoms with Crippen LogP contribution in [0.1, 0.15) is 90.1 Å². The van der Waals surface area contributed by atoms with E-state index >= 15 is 0 Å². The Hall–Kier alpha value is -17.5. The van der Waals surface area contributed by atoms with Crippen LogP contribution in [-0.2, 0) is 0 Å². The van der Waals surface area contributed by atoms with Gasteiger partial charge in [-0.2, -0.15) is 0 Å². The summed E-state index contributed by atoms with van der Waals surface area (Å²) in [5.41, 5.74) is 27.1. The Labute approximate surface area is 834 Å². The third kappa shape index (κ3) is 14.5. The fraction of sp³-hybridized carbons (Fsp3) is 0.172. The number of benzene rings is 13. The summed E-state index contributed by atoms with van der Waals surface area (Å²) >= 11 is 0. The molecule has 22 heteroatoms. The molecule has 15 heterocycles. The summed E-state index contributed by atoms with van der Waals surface area (Å²) in [6, 6.07) is 107. The highest BCUT2D eigenvalue weighted by Gasteiger charge is 2.45. The summed E-state index contributed by atoms with van der Waals surface area (Å²) in [6.45, 7) is 30.6. The highest BCUT2D eigenvalue weighted by Crippen LogP contribution is 2.57. The van der Waals surface area contributed by atoms with Gasteiger partial charge in [0.15, 0.2) is 68.6 Å². The molecular formula is C122H107N17O5. The lowest BCUT2D eigenvalue weighted by Gasteiger charge is -2.33. The molecule has 144 heavy (non-hydrogen) atoms. The number of pyridine rings is 3. The third-order valence-corrected chi connectivity index (χ3v) is 28.9. The Morgan fingerprint density at radius 1 is 0.194 bits per heavy atom. The van der Waals surface area contributed by atoms with Gasteiger partial charge in [-0.3, -0.25) is 14.7 Å². The van der Waals surface area contributed by atoms with Crippen LogP contribution in [0.3, 0.4) is 0 Å². The zero-order valence-electron chi connectivity index (χ0n) is 82.7. The zero-order valence-corrected chi connectivity index (χ0v) is 82.7. The molecule has 13 aromatic carbocycles. The van der Waals surface area contributed by atoms with Crippen LogP contribution in [0, 0.1) is 34.6 Å². The van der Waals surface area contributed by atoms with Gasteiger partial charge in [0.25, 0.3) is 0 Å². The monoisotopic (exact) mass is 1890 g/mol. The van der Waals surface area contributed by atoms with Crippen LogP contribution in [0.5, 0.6) is 0 Å². The number of nitrogens with zero attached hydrogens (tertiary/aromatic N) is 17. The van der Waals surface area contributed by atoms with Crippen molar-refractivity contribution in [1.29, 1.82) is 0 Å². The van der Waals surface area contributed by atoms with Crippen molar-refractivity contribution in [2.75, 3.05) is 49.0 Å². The minimum absolute atomic E-state index is 0.0117. The third-order valence-electron chi connectivity index (χ3n) is 28.9. The second-order valence-corrected chi connectivity index (χ2v) is 38.1. The summed E-state index contributed by atoms with van der Waals surface area (Å²) in [5.74, 6) is 6.44. The first kappa shape index (κ1) is 89.1. The van der Waals surface area contributed by atoms with Gasteiger partial charge >= 0.3 is 0 Å². The predicted molar refractivity (Wildman–Crippen MR) is 588 cm³/mol. The van der Waals surface area contributed by atoms with E-state index in [1.165, 1.54) is 16.7 Å². The number of para-hydroxylation sites is 8. The molecule has 0 spiro atoms. The lowest BCUT2D eigenvalue weighted by Crippen LogP contribution is -2.42. The van der Waals surface area contributed by atoms with Crippen molar-refractivity contribution in [3.63, 3.8) is 0 Å². The number of anilines is 18. The van der Waals surface area contributed by atoms with Crippen molar-refractivity contribution in [3.8, 4) is 0 Å². The second-order valence-electron chi connectivity index (χ2n) is 38.1. The van der Waals surface area contributed by atoms with Crippen molar-refractivity contribution < 1.29 is 22.1 Å². The molecule has 0 amide bonds. The Kier molecular flexibility index (Phi) is 22.3. The van der Waals surface area contributed by atoms with E-state index in [-0.39, 0.29) is 30.8 Å². The highest BCUT2D eigenvalue weighted by atomic mass is 16.3. The quantitative estimate of drug-likeness (QED) is 0.126. The van der Waals surface area contributed by atoms with Crippen LogP contribution in [0.15, 0.2) is 375 Å². The number of furan rings is 5. The summed E-state index contributed by atoms with van der Waals surface area (Å²) in [7, 11) is 0. The SMILES string of the molecule is Cc1ccc2c(oc3ccccc32)c1N1c2cccnc2N(C(C)C)C1C.Cc1ccc2c(oc3ccccc32)c1N1c2cccnc2N(c2ccccc2)C1C.Cc1ccc2c(oc3ccccc32)c1N1c2ncccc2N(c2ccccc2)C1C.Cc1ccc2c(oc3ccccc32)c1N1c2nccnc2N(C(C)C)C1C.Cc1ccc2c(oc3ccccc32)c1N1c2nccnc2N(c2ccccc2)C1C. The number of fused-ring (bicyclic) bond motifs is 20. The lowest BCUT2D eigenvalue weighted by atomic mass is 10.1. The van der Waals surface area contributed by atoms with E-state index < -0.39 is 0 Å². The van der Waals surface area contributed by atoms with E-state index in [1.807, 2.05) is 134 Å². The van der Waals surface area contributed by atoms with Crippen LogP contribution in [0.4, 0.5) is 103 Å². The van der Waals surface area contributed by atoms with E-state index in [0.29, 0.717) is 12.1 Å². The molecule has 0 aliphatic carbocycles. The van der Waals surface area contributed by atoms with Gasteiger partial charge in [0.05, 0.1) is 45.5 Å². The molecular weight excluding hydrogens is 1780 g/mol. The molecule has 0 bridgehead atoms. The minimum Gasteiger partial charge on any atom is -0.454 e. The summed E-state index contributed by atoms with van der Waals surface area (Å²) in [6.07, 6.45) is 13.0. The summed E-state index contributed by atoms with van der Waals surface area (Å²) in [4.78, 5) is 56.0. The largest absolute Gasteiger partial charge is 0.454 e. The van der Waals surface area contributed by atoms with Gasteiger partial charge in [-0.15, -0.1) is 0 Å². The highest BCUT2D eigenvalue weighted by molar-refractivity contribution is 6.16. The molecule has 0 radical (unpaired) electrons. The topological polar surface area (TPSA) is 188 Å². The Morgan fingerprint density at radius 2 is 0.424 bits per heavy atom. The van der Waals surface area contributed by atoms with Crippen LogP contribution >= 0.6 is 0 Å². The standard InChI is InChI=1S/2C26H21N3O.C25H20N4O.C23H23N3O.C22H22N4O/c1-17-14-15-21-20-11-6-7-13-23(20)30-25(21)24(17)29-18(2)28(19-9-4-3-5-10-19)26-22(29)12-8-16-27-26;1-17-14-15-21-20-11-6-7-13-23(20)30-25(21)24(17)29-18(2)28(19-9-4-3-5-10-19)22-12-8-16-27-26(22)29;1-16-12-13-20-19-10-6-7-11-21(19)30-23(20)22(16)29-17(2)28(18-8-4-3-5-9-18)24-25(29)27-15-14-26-24;1-14(2)25-16(4)26(19-9-7-13-24-23(19)25)21-15(3)11-12-18-17-8-5-6-10-20(17)27-22(18)21;1-13(2)25-15(4)26(22-21(25)23-11-12-24-22)19-14(3)9-10-17-16-7-5-6-8-18(16)27-20(17)19/h2*3-16,18H,1-2H3;3-15,17H,1-2H3;5-14,16H,1-4H3;5-13,15H,1-4H3. The number of hydrogen-bond donors (Lipinski definition) is 0. The van der Waals surface area contributed by atoms with E-state index in [0.717, 1.165) is 224 Å². The first-order valence-corrected chi connectivity index (χ1v) is 49.4. The maximum absolute atomic E-state index is 6.40. The number of aryl methyl sites for hydroxylation is 5. The van der Waals surface area contributed by atoms with E-state index in [1.54, 1.807) is 24.8 Å². The molecule has 22 nitrogen and oxygen atoms in total. The van der Waals surface area contributed by atoms with Gasteiger partial charge in [0.1, 0.15) is 58.7 Å². The average Bonchev–Trinajstić information content (AvgIpc) is 1.58. The normalized spacial score (nSPS) is 16.2. The van der Waals surface area contributed by atoms with Crippen LogP contribution in [0.25, 0.3) is 110 Å². The van der Waals surface area contributed by atoms with E-state index in [4.69, 9.17) is 42.0 Å². The zero-order chi connectivity index (χ0) is 98.1. The fourth-order valence-corrected chi connectivity index (χ4v) is 22.6. The Morgan fingerprint density at radius 3 is 0.785 bits per heavy atom. The summed E-state index contributed by atoms with van der Waals surface area (Å²) in [5, 5.41) is 11.4. The average molecular weight is 1890 g/mol. The molecule has 28 rings (SSSR count). The molecule has 5 aliphatic heterocycles. The maximum Gasteiger partial charge on any atom is 0.178 e. The van der Waals surface area contributed by atoms with Crippen LogP contribution < -0.4 is 49.0 Å². The molecule has 5 unspecified atom stereocenters. The molecule has 23 aromatic rings. The molecule has 5 aliphatic rings. The smallest absolute Gasteiger partial charge is 0.178 e. The van der Waals surface area contributed by atoms with Gasteiger partial charge in [-0.1, -0.05) is 206 Å². The number of aromatic nitrogens is 7. The Bertz CT molecular complexity index is 8160. The van der Waals surface area contributed by atoms with Crippen LogP contribution in [-0.4, -0.2) is 77.8 Å². The van der Waals surface area contributed by atoms with E-state index in [9.17, 15) is 0 Å². The van der Waals surface area contributed by atoms with Gasteiger partial charge in [-0.05, 0) is 228 Å². The molecule has 10 aromatic heterocycles. The number of hydrogen-bond acceptors (Lipinski definition) is 22. The van der Waals surface area contributed by atoms with Gasteiger partial charge in [-0.25, -0.2) is 34.9 Å². The van der Waals surface area contributed by atoms with Crippen molar-refractivity contribution in [1.82, 2.24) is 34.9 Å². The lowest BCUT2D eigenvalue weighted by molar-refractivity contribution is 0.598. The minimum atomic E-state index is -0.0117. The molecule has 0 fully saturated rings. The van der Waals surface area contributed by atoms with Crippen LogP contribution in [0.2, 0.25) is 0 Å². The van der Waals surface area contributed by atoms with Gasteiger partial charge in [0.2, 0.25) is 0 Å². The molecule has 0 saturated carbocycles. The first-order chi connectivity index (χ1) is 70.4. The predicted octanol–water partition coefficient (Wildman–Crippen LogP) is 31.6. The fourth-order valence-electron chi connectivity index (χ4n) is 22.6. The summed E-state index contributed by atoms with van der Waals surface area (Å²) < 4.78 is 31.8. The van der Waals surface area contributed by atoms with Crippen molar-refractivity contribution >= 4 is 213 Å². The second kappa shape index (κ2) is 36.0.